The van der Waals surface area contributed by atoms with Crippen LogP contribution in [0.4, 0.5) is 4.79 Å². The number of amides is 2. The van der Waals surface area contributed by atoms with Gasteiger partial charge in [0.1, 0.15) is 5.76 Å². The Bertz CT molecular complexity index is 360. The maximum atomic E-state index is 11.4. The quantitative estimate of drug-likeness (QED) is 0.822. The van der Waals surface area contributed by atoms with Gasteiger partial charge in [-0.05, 0) is 37.8 Å². The smallest absolute Gasteiger partial charge is 0.319 e. The Morgan fingerprint density at radius 1 is 1.44 bits per heavy atom. The molecule has 0 saturated heterocycles. The molecule has 0 radical (unpaired) electrons. The SMILES string of the molecule is O=C(NC=C1CCCC1)NCc1ccco1. The van der Waals surface area contributed by atoms with Crippen molar-refractivity contribution in [3.05, 3.63) is 35.9 Å². The highest BCUT2D eigenvalue weighted by Gasteiger charge is 2.06. The lowest BCUT2D eigenvalue weighted by Gasteiger charge is -2.03. The number of rotatable bonds is 3. The molecule has 2 rings (SSSR count). The van der Waals surface area contributed by atoms with E-state index >= 15 is 0 Å². The average Bonchev–Trinajstić information content (AvgIpc) is 2.96. The number of urea groups is 1. The zero-order valence-corrected chi connectivity index (χ0v) is 9.16. The highest BCUT2D eigenvalue weighted by molar-refractivity contribution is 5.74. The highest BCUT2D eigenvalue weighted by atomic mass is 16.3. The van der Waals surface area contributed by atoms with Crippen molar-refractivity contribution in [3.63, 3.8) is 0 Å². The summed E-state index contributed by atoms with van der Waals surface area (Å²) in [6, 6.07) is 3.45. The van der Waals surface area contributed by atoms with Gasteiger partial charge < -0.3 is 15.1 Å². The number of allylic oxidation sites excluding steroid dienone is 1. The maximum Gasteiger partial charge on any atom is 0.319 e. The van der Waals surface area contributed by atoms with Crippen LogP contribution in [-0.4, -0.2) is 6.03 Å². The van der Waals surface area contributed by atoms with Gasteiger partial charge in [0.05, 0.1) is 12.8 Å². The van der Waals surface area contributed by atoms with Crippen molar-refractivity contribution in [2.24, 2.45) is 0 Å². The van der Waals surface area contributed by atoms with Crippen molar-refractivity contribution >= 4 is 6.03 Å². The molecule has 1 aromatic heterocycles. The fourth-order valence-electron chi connectivity index (χ4n) is 1.77. The van der Waals surface area contributed by atoms with Gasteiger partial charge in [0.2, 0.25) is 0 Å². The summed E-state index contributed by atoms with van der Waals surface area (Å²) in [6.07, 6.45) is 8.11. The van der Waals surface area contributed by atoms with Crippen LogP contribution in [0.25, 0.3) is 0 Å². The molecule has 1 saturated carbocycles. The molecule has 1 fully saturated rings. The molecule has 1 aliphatic rings. The van der Waals surface area contributed by atoms with E-state index in [1.54, 1.807) is 12.3 Å². The van der Waals surface area contributed by atoms with Gasteiger partial charge in [0.25, 0.3) is 0 Å². The molecule has 4 heteroatoms. The lowest BCUT2D eigenvalue weighted by molar-refractivity contribution is 0.242. The highest BCUT2D eigenvalue weighted by Crippen LogP contribution is 2.22. The summed E-state index contributed by atoms with van der Waals surface area (Å²) in [5, 5.41) is 5.45. The molecule has 0 atom stereocenters. The van der Waals surface area contributed by atoms with Crippen LogP contribution in [0, 0.1) is 0 Å². The van der Waals surface area contributed by atoms with E-state index in [-0.39, 0.29) is 6.03 Å². The molecule has 1 heterocycles. The molecule has 2 amide bonds. The van der Waals surface area contributed by atoms with E-state index in [4.69, 9.17) is 4.42 Å². The van der Waals surface area contributed by atoms with Gasteiger partial charge in [0.15, 0.2) is 0 Å². The number of hydrogen-bond acceptors (Lipinski definition) is 2. The van der Waals surface area contributed by atoms with E-state index in [2.05, 4.69) is 10.6 Å². The molecular weight excluding hydrogens is 204 g/mol. The van der Waals surface area contributed by atoms with E-state index in [9.17, 15) is 4.79 Å². The van der Waals surface area contributed by atoms with Crippen molar-refractivity contribution in [1.82, 2.24) is 10.6 Å². The van der Waals surface area contributed by atoms with Crippen LogP contribution in [-0.2, 0) is 6.54 Å². The van der Waals surface area contributed by atoms with Gasteiger partial charge in [-0.3, -0.25) is 0 Å². The second-order valence-corrected chi connectivity index (χ2v) is 3.92. The predicted octanol–water partition coefficient (Wildman–Crippen LogP) is 2.54. The summed E-state index contributed by atoms with van der Waals surface area (Å²) in [6.45, 7) is 0.419. The van der Waals surface area contributed by atoms with Gasteiger partial charge in [-0.2, -0.15) is 0 Å². The first-order valence-electron chi connectivity index (χ1n) is 5.59. The summed E-state index contributed by atoms with van der Waals surface area (Å²) in [5.41, 5.74) is 1.33. The molecule has 0 spiro atoms. The second-order valence-electron chi connectivity index (χ2n) is 3.92. The lowest BCUT2D eigenvalue weighted by Crippen LogP contribution is -2.31. The summed E-state index contributed by atoms with van der Waals surface area (Å²) in [5.74, 6) is 0.753. The summed E-state index contributed by atoms with van der Waals surface area (Å²) in [4.78, 5) is 11.4. The van der Waals surface area contributed by atoms with Crippen molar-refractivity contribution in [2.45, 2.75) is 32.2 Å². The third-order valence-electron chi connectivity index (χ3n) is 2.66. The molecule has 86 valence electrons. The van der Waals surface area contributed by atoms with Crippen LogP contribution in [0.5, 0.6) is 0 Å². The van der Waals surface area contributed by atoms with Crippen molar-refractivity contribution in [1.29, 1.82) is 0 Å². The van der Waals surface area contributed by atoms with E-state index in [0.717, 1.165) is 18.6 Å². The Labute approximate surface area is 94.7 Å². The topological polar surface area (TPSA) is 54.3 Å². The summed E-state index contributed by atoms with van der Waals surface area (Å²) in [7, 11) is 0. The fourth-order valence-corrected chi connectivity index (χ4v) is 1.77. The Morgan fingerprint density at radius 3 is 2.94 bits per heavy atom. The number of carbonyl (C=O) groups excluding carboxylic acids is 1. The van der Waals surface area contributed by atoms with E-state index in [1.807, 2.05) is 12.3 Å². The van der Waals surface area contributed by atoms with Gasteiger partial charge in [0, 0.05) is 6.20 Å². The van der Waals surface area contributed by atoms with Gasteiger partial charge in [-0.15, -0.1) is 0 Å². The molecule has 1 aromatic rings. The van der Waals surface area contributed by atoms with Crippen LogP contribution in [0.1, 0.15) is 31.4 Å². The normalized spacial score (nSPS) is 14.9. The van der Waals surface area contributed by atoms with E-state index in [0.29, 0.717) is 6.54 Å². The number of carbonyl (C=O) groups is 1. The second kappa shape index (κ2) is 5.39. The maximum absolute atomic E-state index is 11.4. The van der Waals surface area contributed by atoms with Gasteiger partial charge in [-0.25, -0.2) is 4.79 Å². The van der Waals surface area contributed by atoms with Gasteiger partial charge >= 0.3 is 6.03 Å². The monoisotopic (exact) mass is 220 g/mol. The third-order valence-corrected chi connectivity index (χ3v) is 2.66. The van der Waals surface area contributed by atoms with E-state index in [1.165, 1.54) is 18.4 Å². The fraction of sp³-hybridized carbons (Fsp3) is 0.417. The third kappa shape index (κ3) is 3.15. The summed E-state index contributed by atoms with van der Waals surface area (Å²) >= 11 is 0. The summed E-state index contributed by atoms with van der Waals surface area (Å²) < 4.78 is 5.10. The van der Waals surface area contributed by atoms with Crippen molar-refractivity contribution in [3.8, 4) is 0 Å². The van der Waals surface area contributed by atoms with Crippen LogP contribution >= 0.6 is 0 Å². The lowest BCUT2D eigenvalue weighted by atomic mass is 10.2. The first-order valence-corrected chi connectivity index (χ1v) is 5.59. The predicted molar refractivity (Wildman–Crippen MR) is 60.6 cm³/mol. The van der Waals surface area contributed by atoms with Crippen molar-refractivity contribution < 1.29 is 9.21 Å². The zero-order chi connectivity index (χ0) is 11.2. The van der Waals surface area contributed by atoms with E-state index < -0.39 is 0 Å². The Morgan fingerprint density at radius 2 is 2.25 bits per heavy atom. The molecular formula is C12H16N2O2. The Kier molecular flexibility index (Phi) is 3.64. The molecule has 4 nitrogen and oxygen atoms in total. The molecule has 0 aromatic carbocycles. The largest absolute Gasteiger partial charge is 0.467 e. The zero-order valence-electron chi connectivity index (χ0n) is 9.16. The molecule has 16 heavy (non-hydrogen) atoms. The standard InChI is InChI=1S/C12H16N2O2/c15-12(13-8-10-4-1-2-5-10)14-9-11-6-3-7-16-11/h3,6-8H,1-2,4-5,9H2,(H2,13,14,15). The van der Waals surface area contributed by atoms with Crippen LogP contribution in [0.3, 0.4) is 0 Å². The van der Waals surface area contributed by atoms with Gasteiger partial charge in [-0.1, -0.05) is 5.57 Å². The molecule has 0 aliphatic heterocycles. The minimum absolute atomic E-state index is 0.184. The minimum Gasteiger partial charge on any atom is -0.467 e. The number of hydrogen-bond donors (Lipinski definition) is 2. The van der Waals surface area contributed by atoms with Crippen molar-refractivity contribution in [2.75, 3.05) is 0 Å². The number of nitrogens with one attached hydrogen (secondary N) is 2. The van der Waals surface area contributed by atoms with Crippen LogP contribution in [0.2, 0.25) is 0 Å². The van der Waals surface area contributed by atoms with Crippen LogP contribution < -0.4 is 10.6 Å². The molecule has 0 unspecified atom stereocenters. The minimum atomic E-state index is -0.184. The number of furan rings is 1. The Balaban J connectivity index is 1.70. The molecule has 0 bridgehead atoms. The average molecular weight is 220 g/mol. The molecule has 2 N–H and O–H groups in total. The first-order chi connectivity index (χ1) is 7.84. The first kappa shape index (κ1) is 10.8. The van der Waals surface area contributed by atoms with Crippen LogP contribution in [0.15, 0.2) is 34.6 Å². The Hall–Kier alpha value is -1.71. The molecule has 1 aliphatic carbocycles.